The highest BCUT2D eigenvalue weighted by atomic mass is 32.1. The van der Waals surface area contributed by atoms with Crippen molar-refractivity contribution in [2.24, 2.45) is 0 Å². The molecule has 0 unspecified atom stereocenters. The fraction of sp³-hybridized carbons (Fsp3) is 0.333. The second kappa shape index (κ2) is 7.45. The van der Waals surface area contributed by atoms with E-state index in [1.165, 1.54) is 11.3 Å². The molecule has 2 aromatic heterocycles. The van der Waals surface area contributed by atoms with Gasteiger partial charge in [-0.2, -0.15) is 4.98 Å². The third-order valence-electron chi connectivity index (χ3n) is 4.68. The van der Waals surface area contributed by atoms with Gasteiger partial charge in [0.2, 0.25) is 11.9 Å². The molecule has 3 aromatic rings. The molecular weight excluding hydrogens is 364 g/mol. The first-order valence-electron chi connectivity index (χ1n) is 8.74. The minimum atomic E-state index is -0.784. The zero-order valence-corrected chi connectivity index (χ0v) is 15.5. The molecule has 1 saturated heterocycles. The van der Waals surface area contributed by atoms with Crippen molar-refractivity contribution in [2.45, 2.75) is 12.5 Å². The molecule has 0 bridgehead atoms. The maximum atomic E-state index is 12.5. The third-order valence-corrected chi connectivity index (χ3v) is 5.40. The standard InChI is InChI=1S/C18H20N6O2S/c19-18-21-16(15-17(22-18)27-11-20-15)24-8-6-23(7-9-24)14(26)10-13(25)12-4-2-1-3-5-12/h1-5,11,13,25H,6-10H2,(H2,19,21,22)/t13-/m0/s1. The van der Waals surface area contributed by atoms with Crippen molar-refractivity contribution in [1.82, 2.24) is 19.9 Å². The van der Waals surface area contributed by atoms with E-state index in [0.717, 1.165) is 21.7 Å². The van der Waals surface area contributed by atoms with Crippen LogP contribution in [0.1, 0.15) is 18.1 Å². The van der Waals surface area contributed by atoms with Crippen LogP contribution in [0.2, 0.25) is 0 Å². The van der Waals surface area contributed by atoms with Gasteiger partial charge in [0.1, 0.15) is 5.52 Å². The first kappa shape index (κ1) is 17.6. The van der Waals surface area contributed by atoms with Crippen molar-refractivity contribution in [1.29, 1.82) is 0 Å². The number of benzene rings is 1. The number of anilines is 2. The molecule has 1 aromatic carbocycles. The van der Waals surface area contributed by atoms with Gasteiger partial charge in [0.05, 0.1) is 18.0 Å². The topological polar surface area (TPSA) is 108 Å². The maximum absolute atomic E-state index is 12.5. The maximum Gasteiger partial charge on any atom is 0.225 e. The Kier molecular flexibility index (Phi) is 4.87. The van der Waals surface area contributed by atoms with Crippen molar-refractivity contribution in [3.63, 3.8) is 0 Å². The summed E-state index contributed by atoms with van der Waals surface area (Å²) in [5.41, 5.74) is 9.04. The highest BCUT2D eigenvalue weighted by molar-refractivity contribution is 7.16. The van der Waals surface area contributed by atoms with E-state index in [4.69, 9.17) is 5.73 Å². The predicted molar refractivity (Wildman–Crippen MR) is 104 cm³/mol. The summed E-state index contributed by atoms with van der Waals surface area (Å²) in [6.45, 7) is 2.40. The van der Waals surface area contributed by atoms with Crippen LogP contribution in [0.5, 0.6) is 0 Å². The fourth-order valence-corrected chi connectivity index (χ4v) is 3.90. The number of nitrogen functional groups attached to an aromatic ring is 1. The number of carbonyl (C=O) groups excluding carboxylic acids is 1. The lowest BCUT2D eigenvalue weighted by molar-refractivity contribution is -0.133. The summed E-state index contributed by atoms with van der Waals surface area (Å²) < 4.78 is 0. The quantitative estimate of drug-likeness (QED) is 0.700. The molecule has 0 aliphatic carbocycles. The van der Waals surface area contributed by atoms with Gasteiger partial charge in [-0.25, -0.2) is 9.97 Å². The first-order valence-corrected chi connectivity index (χ1v) is 9.62. The monoisotopic (exact) mass is 384 g/mol. The highest BCUT2D eigenvalue weighted by Gasteiger charge is 2.25. The van der Waals surface area contributed by atoms with Gasteiger partial charge in [-0.05, 0) is 5.56 Å². The number of carbonyl (C=O) groups is 1. The number of aliphatic hydroxyl groups is 1. The molecule has 3 N–H and O–H groups in total. The summed E-state index contributed by atoms with van der Waals surface area (Å²) in [5.74, 6) is 0.897. The molecule has 8 nitrogen and oxygen atoms in total. The molecule has 4 rings (SSSR count). The van der Waals surface area contributed by atoms with Crippen molar-refractivity contribution >= 4 is 39.4 Å². The number of aliphatic hydroxyl groups excluding tert-OH is 1. The lowest BCUT2D eigenvalue weighted by atomic mass is 10.1. The van der Waals surface area contributed by atoms with E-state index in [1.54, 1.807) is 10.4 Å². The average Bonchev–Trinajstić information content (AvgIpc) is 3.16. The molecule has 1 aliphatic heterocycles. The minimum Gasteiger partial charge on any atom is -0.388 e. The largest absolute Gasteiger partial charge is 0.388 e. The molecule has 1 amide bonds. The average molecular weight is 384 g/mol. The molecule has 140 valence electrons. The van der Waals surface area contributed by atoms with E-state index in [2.05, 4.69) is 19.9 Å². The summed E-state index contributed by atoms with van der Waals surface area (Å²) in [6.07, 6.45) is -0.700. The summed E-state index contributed by atoms with van der Waals surface area (Å²) in [4.78, 5) is 30.1. The number of piperazine rings is 1. The molecule has 1 atom stereocenters. The number of hydrogen-bond acceptors (Lipinski definition) is 8. The molecule has 0 saturated carbocycles. The Balaban J connectivity index is 1.40. The molecule has 9 heteroatoms. The first-order chi connectivity index (χ1) is 13.1. The Morgan fingerprint density at radius 3 is 2.67 bits per heavy atom. The van der Waals surface area contributed by atoms with Gasteiger partial charge in [-0.1, -0.05) is 30.3 Å². The zero-order chi connectivity index (χ0) is 18.8. The van der Waals surface area contributed by atoms with Gasteiger partial charge in [-0.15, -0.1) is 11.3 Å². The van der Waals surface area contributed by atoms with E-state index in [-0.39, 0.29) is 18.3 Å². The van der Waals surface area contributed by atoms with Crippen molar-refractivity contribution in [3.8, 4) is 0 Å². The van der Waals surface area contributed by atoms with E-state index >= 15 is 0 Å². The van der Waals surface area contributed by atoms with Crippen LogP contribution in [0.15, 0.2) is 35.8 Å². The Morgan fingerprint density at radius 1 is 1.19 bits per heavy atom. The highest BCUT2D eigenvalue weighted by Crippen LogP contribution is 2.27. The van der Waals surface area contributed by atoms with Crippen LogP contribution in [0, 0.1) is 0 Å². The van der Waals surface area contributed by atoms with Gasteiger partial charge in [0, 0.05) is 26.2 Å². The van der Waals surface area contributed by atoms with Crippen LogP contribution < -0.4 is 10.6 Å². The SMILES string of the molecule is Nc1nc(N2CCN(C(=O)C[C@H](O)c3ccccc3)CC2)c2ncsc2n1. The normalized spacial score (nSPS) is 15.9. The molecule has 27 heavy (non-hydrogen) atoms. The van der Waals surface area contributed by atoms with Crippen LogP contribution in [0.25, 0.3) is 10.3 Å². The molecule has 0 radical (unpaired) electrons. The zero-order valence-electron chi connectivity index (χ0n) is 14.7. The van der Waals surface area contributed by atoms with E-state index in [9.17, 15) is 9.90 Å². The minimum absolute atomic E-state index is 0.0491. The van der Waals surface area contributed by atoms with Gasteiger partial charge < -0.3 is 20.6 Å². The number of aromatic nitrogens is 3. The third kappa shape index (κ3) is 3.69. The Hall–Kier alpha value is -2.78. The summed E-state index contributed by atoms with van der Waals surface area (Å²) >= 11 is 1.43. The number of thiazole rings is 1. The summed E-state index contributed by atoms with van der Waals surface area (Å²) in [7, 11) is 0. The van der Waals surface area contributed by atoms with Crippen molar-refractivity contribution < 1.29 is 9.90 Å². The number of hydrogen-bond donors (Lipinski definition) is 2. The van der Waals surface area contributed by atoms with Crippen molar-refractivity contribution in [3.05, 3.63) is 41.4 Å². The Morgan fingerprint density at radius 2 is 1.93 bits per heavy atom. The predicted octanol–water partition coefficient (Wildman–Crippen LogP) is 1.44. The van der Waals surface area contributed by atoms with Crippen molar-refractivity contribution in [2.75, 3.05) is 36.8 Å². The van der Waals surface area contributed by atoms with Crippen LogP contribution in [0.4, 0.5) is 11.8 Å². The lowest BCUT2D eigenvalue weighted by Gasteiger charge is -2.35. The number of fused-ring (bicyclic) bond motifs is 1. The van der Waals surface area contributed by atoms with Crippen LogP contribution in [-0.4, -0.2) is 57.0 Å². The number of nitrogens with zero attached hydrogens (tertiary/aromatic N) is 5. The van der Waals surface area contributed by atoms with Crippen LogP contribution >= 0.6 is 11.3 Å². The second-order valence-corrected chi connectivity index (χ2v) is 7.24. The number of nitrogens with two attached hydrogens (primary N) is 1. The lowest BCUT2D eigenvalue weighted by Crippen LogP contribution is -2.49. The van der Waals surface area contributed by atoms with Gasteiger partial charge >= 0.3 is 0 Å². The smallest absolute Gasteiger partial charge is 0.225 e. The molecule has 1 aliphatic rings. The van der Waals surface area contributed by atoms with Gasteiger partial charge in [0.25, 0.3) is 0 Å². The fourth-order valence-electron chi connectivity index (χ4n) is 3.24. The molecular formula is C18H20N6O2S. The summed E-state index contributed by atoms with van der Waals surface area (Å²) in [6, 6.07) is 9.25. The number of rotatable bonds is 4. The molecule has 0 spiro atoms. The van der Waals surface area contributed by atoms with Gasteiger partial charge in [-0.3, -0.25) is 4.79 Å². The van der Waals surface area contributed by atoms with Crippen LogP contribution in [0.3, 0.4) is 0 Å². The van der Waals surface area contributed by atoms with E-state index < -0.39 is 6.10 Å². The molecule has 1 fully saturated rings. The van der Waals surface area contributed by atoms with E-state index in [1.807, 2.05) is 30.3 Å². The van der Waals surface area contributed by atoms with E-state index in [0.29, 0.717) is 26.2 Å². The summed E-state index contributed by atoms with van der Waals surface area (Å²) in [5, 5.41) is 10.3. The molecule has 3 heterocycles. The van der Waals surface area contributed by atoms with Gasteiger partial charge in [0.15, 0.2) is 10.6 Å². The second-order valence-electron chi connectivity index (χ2n) is 6.41. The Labute approximate surface area is 160 Å². The number of amides is 1. The Bertz CT molecular complexity index is 939. The van der Waals surface area contributed by atoms with Crippen LogP contribution in [-0.2, 0) is 4.79 Å².